The molecule has 1 saturated heterocycles. The van der Waals surface area contributed by atoms with Gasteiger partial charge in [0, 0.05) is 12.6 Å². The third-order valence-electron chi connectivity index (χ3n) is 5.06. The molecular weight excluding hydrogens is 352 g/mol. The molecule has 3 rings (SSSR count). The molecule has 3 heterocycles. The number of hydrogen-bond donors (Lipinski definition) is 3. The van der Waals surface area contributed by atoms with Gasteiger partial charge >= 0.3 is 5.69 Å². The Hall–Kier alpha value is -1.74. The SMILES string of the molecule is CCCCCCCCc1cc2cn([C@@H]3O[C@H](CO)[C@@H](O)[C@H]3O)c(=O)nc2o1. The van der Waals surface area contributed by atoms with Crippen LogP contribution in [0.3, 0.4) is 0 Å². The maximum atomic E-state index is 12.3. The summed E-state index contributed by atoms with van der Waals surface area (Å²) in [7, 11) is 0. The van der Waals surface area contributed by atoms with Crippen LogP contribution in [0.5, 0.6) is 0 Å². The van der Waals surface area contributed by atoms with E-state index >= 15 is 0 Å². The fraction of sp³-hybridized carbons (Fsp3) is 0.684. The summed E-state index contributed by atoms with van der Waals surface area (Å²) in [6, 6.07) is 1.84. The lowest BCUT2D eigenvalue weighted by molar-refractivity contribution is -0.0547. The summed E-state index contributed by atoms with van der Waals surface area (Å²) in [4.78, 5) is 16.2. The van der Waals surface area contributed by atoms with E-state index in [2.05, 4.69) is 11.9 Å². The topological polar surface area (TPSA) is 118 Å². The number of rotatable bonds is 9. The molecule has 2 aromatic rings. The fourth-order valence-corrected chi connectivity index (χ4v) is 3.47. The molecule has 27 heavy (non-hydrogen) atoms. The number of furan rings is 1. The summed E-state index contributed by atoms with van der Waals surface area (Å²) < 4.78 is 12.2. The summed E-state index contributed by atoms with van der Waals surface area (Å²) in [5.74, 6) is 0.770. The van der Waals surface area contributed by atoms with E-state index in [1.54, 1.807) is 0 Å². The minimum atomic E-state index is -1.33. The van der Waals surface area contributed by atoms with Crippen LogP contribution in [-0.4, -0.2) is 49.8 Å². The number of nitrogens with zero attached hydrogens (tertiary/aromatic N) is 2. The zero-order chi connectivity index (χ0) is 19.4. The van der Waals surface area contributed by atoms with Gasteiger partial charge in [0.2, 0.25) is 5.71 Å². The van der Waals surface area contributed by atoms with Crippen LogP contribution in [0.1, 0.15) is 57.4 Å². The quantitative estimate of drug-likeness (QED) is 0.564. The Kier molecular flexibility index (Phi) is 6.64. The Morgan fingerprint density at radius 1 is 1.15 bits per heavy atom. The maximum absolute atomic E-state index is 12.3. The van der Waals surface area contributed by atoms with E-state index < -0.39 is 36.8 Å². The van der Waals surface area contributed by atoms with Crippen molar-refractivity contribution < 1.29 is 24.5 Å². The van der Waals surface area contributed by atoms with Gasteiger partial charge in [0.05, 0.1) is 12.0 Å². The summed E-state index contributed by atoms with van der Waals surface area (Å²) in [5, 5.41) is 29.8. The number of ether oxygens (including phenoxy) is 1. The van der Waals surface area contributed by atoms with Crippen molar-refractivity contribution in [2.45, 2.75) is 76.4 Å². The number of fused-ring (bicyclic) bond motifs is 1. The molecule has 1 fully saturated rings. The molecule has 1 aliphatic rings. The third kappa shape index (κ3) is 4.40. The van der Waals surface area contributed by atoms with Crippen molar-refractivity contribution in [3.8, 4) is 0 Å². The molecule has 0 saturated carbocycles. The van der Waals surface area contributed by atoms with Crippen LogP contribution in [0.15, 0.2) is 21.5 Å². The first-order valence-electron chi connectivity index (χ1n) is 9.69. The average molecular weight is 380 g/mol. The maximum Gasteiger partial charge on any atom is 0.353 e. The first-order chi connectivity index (χ1) is 13.0. The summed E-state index contributed by atoms with van der Waals surface area (Å²) >= 11 is 0. The Balaban J connectivity index is 1.70. The van der Waals surface area contributed by atoms with Gasteiger partial charge in [0.25, 0.3) is 0 Å². The minimum absolute atomic E-state index is 0.254. The highest BCUT2D eigenvalue weighted by atomic mass is 16.6. The molecule has 4 atom stereocenters. The molecule has 150 valence electrons. The number of aromatic nitrogens is 2. The van der Waals surface area contributed by atoms with Crippen LogP contribution in [-0.2, 0) is 11.2 Å². The monoisotopic (exact) mass is 380 g/mol. The molecule has 3 N–H and O–H groups in total. The van der Waals surface area contributed by atoms with E-state index in [0.717, 1.165) is 29.6 Å². The van der Waals surface area contributed by atoms with E-state index in [0.29, 0.717) is 5.39 Å². The number of unbranched alkanes of at least 4 members (excludes halogenated alkanes) is 5. The lowest BCUT2D eigenvalue weighted by Crippen LogP contribution is -2.35. The Morgan fingerprint density at radius 2 is 1.89 bits per heavy atom. The molecule has 0 spiro atoms. The predicted octanol–water partition coefficient (Wildman–Crippen LogP) is 1.50. The standard InChI is InChI=1S/C19H28N2O6/c1-2-3-4-5-6-7-8-13-9-12-10-21(19(25)20-17(12)26-13)18-16(24)15(23)14(11-22)27-18/h9-10,14-16,18,22-24H,2-8,11H2,1H3/t14-,15-,16-,18-/m1/s1. The van der Waals surface area contributed by atoms with E-state index in [1.165, 1.54) is 31.9 Å². The van der Waals surface area contributed by atoms with Gasteiger partial charge in [-0.05, 0) is 12.5 Å². The molecule has 0 aliphatic carbocycles. The third-order valence-corrected chi connectivity index (χ3v) is 5.06. The molecule has 0 radical (unpaired) electrons. The van der Waals surface area contributed by atoms with Gasteiger partial charge in [-0.25, -0.2) is 4.79 Å². The molecule has 0 aromatic carbocycles. The molecule has 1 aliphatic heterocycles. The molecule has 2 aromatic heterocycles. The van der Waals surface area contributed by atoms with Crippen molar-refractivity contribution in [2.24, 2.45) is 0 Å². The predicted molar refractivity (Wildman–Crippen MR) is 98.4 cm³/mol. The molecule has 8 nitrogen and oxygen atoms in total. The van der Waals surface area contributed by atoms with Gasteiger partial charge in [-0.15, -0.1) is 0 Å². The first kappa shape index (κ1) is 20.0. The summed E-state index contributed by atoms with van der Waals surface area (Å²) in [6.45, 7) is 1.74. The van der Waals surface area contributed by atoms with E-state index in [1.807, 2.05) is 6.07 Å². The van der Waals surface area contributed by atoms with Crippen LogP contribution in [0.4, 0.5) is 0 Å². The largest absolute Gasteiger partial charge is 0.443 e. The molecule has 0 amide bonds. The van der Waals surface area contributed by atoms with Crippen molar-refractivity contribution in [1.29, 1.82) is 0 Å². The highest BCUT2D eigenvalue weighted by Crippen LogP contribution is 2.29. The molecule has 8 heteroatoms. The van der Waals surface area contributed by atoms with Crippen molar-refractivity contribution in [1.82, 2.24) is 9.55 Å². The second-order valence-corrected chi connectivity index (χ2v) is 7.15. The first-order valence-corrected chi connectivity index (χ1v) is 9.69. The summed E-state index contributed by atoms with van der Waals surface area (Å²) in [5.41, 5.74) is -0.387. The smallest absolute Gasteiger partial charge is 0.353 e. The second-order valence-electron chi connectivity index (χ2n) is 7.15. The van der Waals surface area contributed by atoms with Crippen LogP contribution in [0, 0.1) is 0 Å². The lowest BCUT2D eigenvalue weighted by atomic mass is 10.1. The van der Waals surface area contributed by atoms with Crippen LogP contribution in [0.2, 0.25) is 0 Å². The van der Waals surface area contributed by atoms with Gasteiger partial charge in [-0.2, -0.15) is 4.98 Å². The van der Waals surface area contributed by atoms with Crippen LogP contribution >= 0.6 is 0 Å². The highest BCUT2D eigenvalue weighted by molar-refractivity contribution is 5.72. The van der Waals surface area contributed by atoms with Crippen LogP contribution in [0.25, 0.3) is 11.1 Å². The number of aliphatic hydroxyl groups excluding tert-OH is 3. The van der Waals surface area contributed by atoms with E-state index in [9.17, 15) is 20.1 Å². The summed E-state index contributed by atoms with van der Waals surface area (Å²) in [6.07, 6.45) is 4.77. The average Bonchev–Trinajstić information content (AvgIpc) is 3.18. The fourth-order valence-electron chi connectivity index (χ4n) is 3.47. The second kappa shape index (κ2) is 8.97. The van der Waals surface area contributed by atoms with E-state index in [-0.39, 0.29) is 5.71 Å². The van der Waals surface area contributed by atoms with Gasteiger partial charge in [-0.3, -0.25) is 4.57 Å². The Morgan fingerprint density at radius 3 is 2.59 bits per heavy atom. The Labute approximate surface area is 157 Å². The van der Waals surface area contributed by atoms with Crippen molar-refractivity contribution >= 4 is 11.1 Å². The number of hydrogen-bond acceptors (Lipinski definition) is 7. The van der Waals surface area contributed by atoms with Crippen molar-refractivity contribution in [3.63, 3.8) is 0 Å². The van der Waals surface area contributed by atoms with Gasteiger partial charge in [0.15, 0.2) is 6.23 Å². The van der Waals surface area contributed by atoms with Gasteiger partial charge in [-0.1, -0.05) is 39.0 Å². The molecular formula is C19H28N2O6. The highest BCUT2D eigenvalue weighted by Gasteiger charge is 2.43. The minimum Gasteiger partial charge on any atom is -0.443 e. The van der Waals surface area contributed by atoms with Gasteiger partial charge in [0.1, 0.15) is 24.1 Å². The van der Waals surface area contributed by atoms with Crippen molar-refractivity contribution in [3.05, 3.63) is 28.5 Å². The zero-order valence-corrected chi connectivity index (χ0v) is 15.6. The van der Waals surface area contributed by atoms with Crippen LogP contribution < -0.4 is 5.69 Å². The van der Waals surface area contributed by atoms with Crippen molar-refractivity contribution in [2.75, 3.05) is 6.61 Å². The Bertz CT molecular complexity index is 801. The zero-order valence-electron chi connectivity index (χ0n) is 15.6. The lowest BCUT2D eigenvalue weighted by Gasteiger charge is -2.16. The number of aryl methyl sites for hydroxylation is 1. The number of aliphatic hydroxyl groups is 3. The van der Waals surface area contributed by atoms with E-state index in [4.69, 9.17) is 9.15 Å². The molecule has 0 unspecified atom stereocenters. The van der Waals surface area contributed by atoms with Gasteiger partial charge < -0.3 is 24.5 Å². The normalized spacial score (nSPS) is 25.5. The molecule has 0 bridgehead atoms.